The maximum Gasteiger partial charge on any atom is 0.310 e. The highest BCUT2D eigenvalue weighted by Crippen LogP contribution is 2.12. The van der Waals surface area contributed by atoms with Crippen LogP contribution in [0.25, 0.3) is 0 Å². The average molecular weight is 332 g/mol. The highest BCUT2D eigenvalue weighted by Gasteiger charge is 2.05. The molecule has 0 radical (unpaired) electrons. The van der Waals surface area contributed by atoms with Crippen LogP contribution in [0.5, 0.6) is 0 Å². The molecule has 3 aromatic rings. The summed E-state index contributed by atoms with van der Waals surface area (Å²) < 4.78 is 5.31. The molecule has 0 aliphatic carbocycles. The molecule has 0 fully saturated rings. The van der Waals surface area contributed by atoms with Crippen molar-refractivity contribution in [1.82, 2.24) is 4.98 Å². The topological polar surface area (TPSA) is 51.2 Å². The van der Waals surface area contributed by atoms with Crippen molar-refractivity contribution in [3.05, 3.63) is 95.8 Å². The Morgan fingerprint density at radius 2 is 1.56 bits per heavy atom. The molecular weight excluding hydrogens is 312 g/mol. The third kappa shape index (κ3) is 5.46. The number of carbonyl (C=O) groups is 1. The van der Waals surface area contributed by atoms with Crippen LogP contribution in [0, 0.1) is 0 Å². The zero-order chi connectivity index (χ0) is 17.3. The molecule has 126 valence electrons. The van der Waals surface area contributed by atoms with E-state index in [0.717, 1.165) is 23.4 Å². The summed E-state index contributed by atoms with van der Waals surface area (Å²) in [5, 5.41) is 3.34. The van der Waals surface area contributed by atoms with E-state index in [4.69, 9.17) is 4.74 Å². The van der Waals surface area contributed by atoms with Gasteiger partial charge in [-0.15, -0.1) is 0 Å². The van der Waals surface area contributed by atoms with Gasteiger partial charge in [-0.05, 0) is 41.0 Å². The first-order valence-electron chi connectivity index (χ1n) is 8.21. The highest BCUT2D eigenvalue weighted by atomic mass is 16.5. The quantitative estimate of drug-likeness (QED) is 0.665. The third-order valence-corrected chi connectivity index (χ3v) is 3.79. The number of nitrogens with one attached hydrogen (secondary N) is 1. The summed E-state index contributed by atoms with van der Waals surface area (Å²) in [6.45, 7) is 1.05. The number of hydrogen-bond acceptors (Lipinski definition) is 4. The van der Waals surface area contributed by atoms with Crippen molar-refractivity contribution in [2.45, 2.75) is 19.6 Å². The fourth-order valence-electron chi connectivity index (χ4n) is 2.40. The molecule has 0 saturated heterocycles. The fraction of sp³-hybridized carbons (Fsp3) is 0.143. The van der Waals surface area contributed by atoms with Crippen molar-refractivity contribution >= 4 is 11.7 Å². The van der Waals surface area contributed by atoms with Crippen LogP contribution in [-0.2, 0) is 29.1 Å². The van der Waals surface area contributed by atoms with Crippen molar-refractivity contribution in [3.8, 4) is 0 Å². The Bertz CT molecular complexity index is 787. The van der Waals surface area contributed by atoms with E-state index in [0.29, 0.717) is 6.61 Å². The Hall–Kier alpha value is -3.14. The van der Waals surface area contributed by atoms with Crippen molar-refractivity contribution < 1.29 is 9.53 Å². The molecule has 4 nitrogen and oxygen atoms in total. The normalized spacial score (nSPS) is 10.2. The fourth-order valence-corrected chi connectivity index (χ4v) is 2.40. The van der Waals surface area contributed by atoms with Crippen LogP contribution in [0.3, 0.4) is 0 Å². The van der Waals surface area contributed by atoms with E-state index in [2.05, 4.69) is 10.3 Å². The Balaban J connectivity index is 1.46. The Labute approximate surface area is 147 Å². The second-order valence-corrected chi connectivity index (χ2v) is 5.73. The predicted octanol–water partition coefficient (Wildman–Crippen LogP) is 3.98. The van der Waals surface area contributed by atoms with Crippen molar-refractivity contribution in [1.29, 1.82) is 0 Å². The van der Waals surface area contributed by atoms with Gasteiger partial charge in [0.15, 0.2) is 0 Å². The van der Waals surface area contributed by atoms with Gasteiger partial charge in [0, 0.05) is 24.6 Å². The highest BCUT2D eigenvalue weighted by molar-refractivity contribution is 5.72. The molecule has 0 spiro atoms. The summed E-state index contributed by atoms with van der Waals surface area (Å²) in [7, 11) is 0. The summed E-state index contributed by atoms with van der Waals surface area (Å²) in [6, 6.07) is 21.5. The molecule has 0 bridgehead atoms. The zero-order valence-corrected chi connectivity index (χ0v) is 13.9. The number of carbonyl (C=O) groups excluding carboxylic acids is 1. The Morgan fingerprint density at radius 3 is 2.28 bits per heavy atom. The van der Waals surface area contributed by atoms with Gasteiger partial charge in [0.1, 0.15) is 6.61 Å². The van der Waals surface area contributed by atoms with Gasteiger partial charge in [-0.25, -0.2) is 0 Å². The first-order chi connectivity index (χ1) is 12.3. The lowest BCUT2D eigenvalue weighted by Crippen LogP contribution is -2.08. The monoisotopic (exact) mass is 332 g/mol. The largest absolute Gasteiger partial charge is 0.461 e. The van der Waals surface area contributed by atoms with Gasteiger partial charge in [-0.2, -0.15) is 0 Å². The third-order valence-electron chi connectivity index (χ3n) is 3.79. The van der Waals surface area contributed by atoms with Gasteiger partial charge in [0.25, 0.3) is 0 Å². The first-order valence-corrected chi connectivity index (χ1v) is 8.21. The molecule has 2 aromatic carbocycles. The molecule has 0 saturated carbocycles. The molecule has 25 heavy (non-hydrogen) atoms. The number of anilines is 1. The number of pyridine rings is 1. The van der Waals surface area contributed by atoms with Gasteiger partial charge >= 0.3 is 5.97 Å². The molecule has 0 unspecified atom stereocenters. The molecule has 1 aromatic heterocycles. The van der Waals surface area contributed by atoms with Crippen LogP contribution >= 0.6 is 0 Å². The van der Waals surface area contributed by atoms with Crippen LogP contribution < -0.4 is 5.32 Å². The number of nitrogens with zero attached hydrogens (tertiary/aromatic N) is 1. The smallest absolute Gasteiger partial charge is 0.310 e. The number of benzene rings is 2. The lowest BCUT2D eigenvalue weighted by Gasteiger charge is -2.08. The molecule has 0 atom stereocenters. The second-order valence-electron chi connectivity index (χ2n) is 5.73. The zero-order valence-electron chi connectivity index (χ0n) is 13.9. The summed E-state index contributed by atoms with van der Waals surface area (Å²) in [4.78, 5) is 15.9. The summed E-state index contributed by atoms with van der Waals surface area (Å²) in [6.07, 6.45) is 3.83. The molecule has 4 heteroatoms. The minimum Gasteiger partial charge on any atom is -0.461 e. The van der Waals surface area contributed by atoms with Gasteiger partial charge in [-0.1, -0.05) is 42.5 Å². The summed E-state index contributed by atoms with van der Waals surface area (Å²) >= 11 is 0. The first kappa shape index (κ1) is 16.7. The van der Waals surface area contributed by atoms with Crippen molar-refractivity contribution in [3.63, 3.8) is 0 Å². The molecule has 0 aliphatic rings. The Morgan fingerprint density at radius 1 is 0.840 bits per heavy atom. The van der Waals surface area contributed by atoms with E-state index in [9.17, 15) is 4.79 Å². The van der Waals surface area contributed by atoms with Crippen LogP contribution in [0.15, 0.2) is 79.1 Å². The number of rotatable bonds is 7. The maximum absolute atomic E-state index is 11.9. The summed E-state index contributed by atoms with van der Waals surface area (Å²) in [5.74, 6) is -0.221. The second kappa shape index (κ2) is 8.64. The van der Waals surface area contributed by atoms with E-state index < -0.39 is 0 Å². The average Bonchev–Trinajstić information content (AvgIpc) is 2.67. The lowest BCUT2D eigenvalue weighted by atomic mass is 10.1. The van der Waals surface area contributed by atoms with Crippen LogP contribution in [-0.4, -0.2) is 11.0 Å². The molecular formula is C21H20N2O2. The van der Waals surface area contributed by atoms with E-state index in [-0.39, 0.29) is 12.4 Å². The number of esters is 1. The number of hydrogen-bond donors (Lipinski definition) is 1. The van der Waals surface area contributed by atoms with Gasteiger partial charge in [0.05, 0.1) is 6.42 Å². The molecule has 1 N–H and O–H groups in total. The van der Waals surface area contributed by atoms with Gasteiger partial charge in [0.2, 0.25) is 0 Å². The molecule has 3 rings (SSSR count). The minimum atomic E-state index is -0.221. The summed E-state index contributed by atoms with van der Waals surface area (Å²) in [5.41, 5.74) is 4.11. The SMILES string of the molecule is O=C(Cc1ccc(NCc2ccncc2)cc1)OCc1ccccc1. The molecule has 0 aliphatic heterocycles. The van der Waals surface area contributed by atoms with Crippen molar-refractivity contribution in [2.75, 3.05) is 5.32 Å². The van der Waals surface area contributed by atoms with Crippen LogP contribution in [0.2, 0.25) is 0 Å². The minimum absolute atomic E-state index is 0.221. The number of ether oxygens (including phenoxy) is 1. The standard InChI is InChI=1S/C21H20N2O2/c24-21(25-16-19-4-2-1-3-5-19)14-17-6-8-20(9-7-17)23-15-18-10-12-22-13-11-18/h1-13,23H,14-16H2. The van der Waals surface area contributed by atoms with Crippen LogP contribution in [0.4, 0.5) is 5.69 Å². The maximum atomic E-state index is 11.9. The van der Waals surface area contributed by atoms with Crippen molar-refractivity contribution in [2.24, 2.45) is 0 Å². The predicted molar refractivity (Wildman–Crippen MR) is 97.9 cm³/mol. The molecule has 0 amide bonds. The Kier molecular flexibility index (Phi) is 5.77. The van der Waals surface area contributed by atoms with Gasteiger partial charge in [-0.3, -0.25) is 9.78 Å². The van der Waals surface area contributed by atoms with Crippen LogP contribution in [0.1, 0.15) is 16.7 Å². The van der Waals surface area contributed by atoms with E-state index in [1.807, 2.05) is 66.7 Å². The molecule has 1 heterocycles. The lowest BCUT2D eigenvalue weighted by molar-refractivity contribution is -0.144. The van der Waals surface area contributed by atoms with Gasteiger partial charge < -0.3 is 10.1 Å². The van der Waals surface area contributed by atoms with E-state index >= 15 is 0 Å². The number of aromatic nitrogens is 1. The van der Waals surface area contributed by atoms with E-state index in [1.54, 1.807) is 12.4 Å². The van der Waals surface area contributed by atoms with E-state index in [1.165, 1.54) is 5.56 Å².